The molecule has 0 spiro atoms. The molecule has 0 fully saturated rings. The molecule has 0 amide bonds. The molecule has 4 aromatic rings. The fourth-order valence-electron chi connectivity index (χ4n) is 3.69. The van der Waals surface area contributed by atoms with Crippen molar-refractivity contribution >= 4 is 17.5 Å². The number of aromatic nitrogens is 5. The number of anilines is 1. The summed E-state index contributed by atoms with van der Waals surface area (Å²) in [4.78, 5) is 32.5. The van der Waals surface area contributed by atoms with Crippen LogP contribution in [-0.4, -0.2) is 60.5 Å². The van der Waals surface area contributed by atoms with Crippen LogP contribution >= 0.6 is 0 Å². The van der Waals surface area contributed by atoms with Crippen molar-refractivity contribution in [2.75, 3.05) is 19.0 Å². The highest BCUT2D eigenvalue weighted by Gasteiger charge is 2.26. The number of aromatic amines is 1. The number of hydrogen-bond donors (Lipinski definition) is 6. The number of nitrogen functional groups attached to an aromatic ring is 1. The average Bonchev–Trinajstić information content (AvgIpc) is 3.33. The number of carboxylic acid groups (broad SMARTS) is 1. The van der Waals surface area contributed by atoms with Gasteiger partial charge in [-0.25, -0.2) is 14.2 Å². The summed E-state index contributed by atoms with van der Waals surface area (Å²) in [7, 11) is 1.47. The van der Waals surface area contributed by atoms with E-state index in [2.05, 4.69) is 25.4 Å². The molecule has 7 N–H and O–H groups in total. The monoisotopic (exact) mass is 552 g/mol. The van der Waals surface area contributed by atoms with Gasteiger partial charge in [-0.3, -0.25) is 20.2 Å². The largest absolute Gasteiger partial charge is 0.497 e. The van der Waals surface area contributed by atoms with E-state index in [1.807, 2.05) is 0 Å². The third-order valence-electron chi connectivity index (χ3n) is 5.48. The second kappa shape index (κ2) is 13.6. The number of rotatable bonds is 10. The molecule has 0 saturated carbocycles. The van der Waals surface area contributed by atoms with Crippen LogP contribution in [0.25, 0.3) is 5.82 Å². The van der Waals surface area contributed by atoms with E-state index in [-0.39, 0.29) is 36.1 Å². The second-order valence-electron chi connectivity index (χ2n) is 8.40. The summed E-state index contributed by atoms with van der Waals surface area (Å²) in [5.41, 5.74) is 6.60. The van der Waals surface area contributed by atoms with Gasteiger partial charge in [0.25, 0.3) is 5.97 Å². The third kappa shape index (κ3) is 7.48. The van der Waals surface area contributed by atoms with E-state index in [4.69, 9.17) is 25.8 Å². The Bertz CT molecular complexity index is 1500. The molecular weight excluding hydrogens is 523 g/mol. The van der Waals surface area contributed by atoms with Gasteiger partial charge in [0.1, 0.15) is 23.4 Å². The van der Waals surface area contributed by atoms with Crippen molar-refractivity contribution in [3.8, 4) is 11.6 Å². The number of aliphatic carboxylic acids is 1. The lowest BCUT2D eigenvalue weighted by molar-refractivity contribution is -0.134. The Morgan fingerprint density at radius 2 is 1.98 bits per heavy atom. The first-order valence-electron chi connectivity index (χ1n) is 12.0. The zero-order valence-corrected chi connectivity index (χ0v) is 21.8. The van der Waals surface area contributed by atoms with Crippen molar-refractivity contribution < 1.29 is 24.1 Å². The first-order chi connectivity index (χ1) is 19.1. The van der Waals surface area contributed by atoms with E-state index in [9.17, 15) is 9.90 Å². The van der Waals surface area contributed by atoms with Gasteiger partial charge in [0.2, 0.25) is 0 Å². The molecule has 0 radical (unpaired) electrons. The molecule has 210 valence electrons. The maximum atomic E-state index is 15.8. The zero-order chi connectivity index (χ0) is 29.2. The van der Waals surface area contributed by atoms with Crippen LogP contribution in [0.4, 0.5) is 10.1 Å². The lowest BCUT2D eigenvalue weighted by atomic mass is 9.98. The molecule has 1 atom stereocenters. The summed E-state index contributed by atoms with van der Waals surface area (Å²) in [5, 5.41) is 31.8. The van der Waals surface area contributed by atoms with Crippen LogP contribution in [0.1, 0.15) is 41.9 Å². The SMILES string of the molecule is CC(=O)O.COc1cc(CCCO)c(F)c(C(Nc2ccc(C(=N)N)cc2)c2nn(-c3cnccn3)c(=O)[nH]2)c1. The van der Waals surface area contributed by atoms with E-state index in [1.54, 1.807) is 30.3 Å². The molecule has 1 unspecified atom stereocenters. The van der Waals surface area contributed by atoms with Gasteiger partial charge in [-0.1, -0.05) is 0 Å². The molecule has 2 aromatic heterocycles. The summed E-state index contributed by atoms with van der Waals surface area (Å²) in [6.07, 6.45) is 4.94. The summed E-state index contributed by atoms with van der Waals surface area (Å²) in [6.45, 7) is 0.992. The highest BCUT2D eigenvalue weighted by molar-refractivity contribution is 5.95. The Balaban J connectivity index is 0.00000103. The fourth-order valence-corrected chi connectivity index (χ4v) is 3.69. The summed E-state index contributed by atoms with van der Waals surface area (Å²) < 4.78 is 22.2. The molecule has 2 aromatic carbocycles. The first kappa shape index (κ1) is 29.4. The summed E-state index contributed by atoms with van der Waals surface area (Å²) >= 11 is 0. The van der Waals surface area contributed by atoms with Gasteiger partial charge >= 0.3 is 5.69 Å². The lowest BCUT2D eigenvalue weighted by Crippen LogP contribution is -2.18. The number of aliphatic hydroxyl groups is 1. The molecule has 0 aliphatic rings. The Hall–Kier alpha value is -5.11. The number of benzene rings is 2. The van der Waals surface area contributed by atoms with Crippen molar-refractivity contribution in [1.29, 1.82) is 5.41 Å². The lowest BCUT2D eigenvalue weighted by Gasteiger charge is -2.21. The number of methoxy groups -OCH3 is 1. The summed E-state index contributed by atoms with van der Waals surface area (Å²) in [5.74, 6) is -0.700. The number of amidine groups is 1. The van der Waals surface area contributed by atoms with Crippen LogP contribution < -0.4 is 21.5 Å². The van der Waals surface area contributed by atoms with Crippen molar-refractivity contribution in [2.24, 2.45) is 5.73 Å². The van der Waals surface area contributed by atoms with Crippen LogP contribution in [0.5, 0.6) is 5.75 Å². The van der Waals surface area contributed by atoms with Crippen molar-refractivity contribution in [3.63, 3.8) is 0 Å². The van der Waals surface area contributed by atoms with Gasteiger partial charge in [-0.2, -0.15) is 4.68 Å². The number of hydrogen-bond acceptors (Lipinski definition) is 9. The van der Waals surface area contributed by atoms with Gasteiger partial charge in [-0.15, -0.1) is 5.10 Å². The predicted molar refractivity (Wildman–Crippen MR) is 144 cm³/mol. The second-order valence-corrected chi connectivity index (χ2v) is 8.40. The van der Waals surface area contributed by atoms with Crippen LogP contribution in [0.3, 0.4) is 0 Å². The predicted octanol–water partition coefficient (Wildman–Crippen LogP) is 2.00. The first-order valence-corrected chi connectivity index (χ1v) is 12.0. The van der Waals surface area contributed by atoms with Crippen molar-refractivity contribution in [1.82, 2.24) is 24.7 Å². The van der Waals surface area contributed by atoms with Gasteiger partial charge in [0.15, 0.2) is 11.6 Å². The fraction of sp³-hybridized carbons (Fsp3) is 0.231. The maximum absolute atomic E-state index is 15.8. The van der Waals surface area contributed by atoms with Gasteiger partial charge in [0.05, 0.1) is 13.3 Å². The molecule has 2 heterocycles. The van der Waals surface area contributed by atoms with E-state index in [0.717, 1.165) is 11.6 Å². The van der Waals surface area contributed by atoms with Gasteiger partial charge in [0, 0.05) is 42.7 Å². The number of nitrogens with two attached hydrogens (primary N) is 1. The van der Waals surface area contributed by atoms with E-state index in [0.29, 0.717) is 29.0 Å². The van der Waals surface area contributed by atoms with E-state index >= 15 is 4.39 Å². The van der Waals surface area contributed by atoms with Crippen LogP contribution in [0, 0.1) is 11.2 Å². The number of nitrogens with one attached hydrogen (secondary N) is 3. The standard InChI is InChI=1S/C24H25FN8O3.C2H4O2/c1-36-17-11-15(3-2-10-34)20(25)18(12-17)21(30-16-6-4-14(5-7-16)22(26)27)23-31-24(35)33(32-23)19-13-28-8-9-29-19;1-2(3)4/h4-9,11-13,21,30,34H,2-3,10H2,1H3,(H3,26,27)(H,31,32,35);1H3,(H,3,4). The van der Waals surface area contributed by atoms with Crippen LogP contribution in [0.2, 0.25) is 0 Å². The van der Waals surface area contributed by atoms with Gasteiger partial charge in [-0.05, 0) is 54.8 Å². The minimum absolute atomic E-state index is 0.0856. The number of carboxylic acids is 1. The highest BCUT2D eigenvalue weighted by Crippen LogP contribution is 2.32. The number of halogens is 1. The highest BCUT2D eigenvalue weighted by atomic mass is 19.1. The van der Waals surface area contributed by atoms with E-state index in [1.165, 1.54) is 31.8 Å². The van der Waals surface area contributed by atoms with Crippen molar-refractivity contribution in [2.45, 2.75) is 25.8 Å². The topological polar surface area (TPSA) is 205 Å². The zero-order valence-electron chi connectivity index (χ0n) is 21.8. The third-order valence-corrected chi connectivity index (χ3v) is 5.48. The molecule has 0 bridgehead atoms. The minimum atomic E-state index is -0.943. The molecule has 4 rings (SSSR count). The Morgan fingerprint density at radius 1 is 1.27 bits per heavy atom. The molecule has 14 heteroatoms. The van der Waals surface area contributed by atoms with Crippen LogP contribution in [0.15, 0.2) is 59.8 Å². The molecule has 0 aliphatic carbocycles. The Labute approximate surface area is 228 Å². The smallest absolute Gasteiger partial charge is 0.349 e. The molecule has 0 saturated heterocycles. The number of H-pyrrole nitrogens is 1. The number of ether oxygens (including phenoxy) is 1. The average molecular weight is 553 g/mol. The maximum Gasteiger partial charge on any atom is 0.349 e. The number of nitrogens with zero attached hydrogens (tertiary/aromatic N) is 4. The normalized spacial score (nSPS) is 11.2. The minimum Gasteiger partial charge on any atom is -0.497 e. The molecular formula is C26H29FN8O5. The number of carbonyl (C=O) groups is 1. The molecule has 40 heavy (non-hydrogen) atoms. The quantitative estimate of drug-likeness (QED) is 0.125. The van der Waals surface area contributed by atoms with E-state index < -0.39 is 23.5 Å². The summed E-state index contributed by atoms with van der Waals surface area (Å²) in [6, 6.07) is 8.84. The van der Waals surface area contributed by atoms with Crippen molar-refractivity contribution in [3.05, 3.63) is 93.8 Å². The van der Waals surface area contributed by atoms with Gasteiger partial charge < -0.3 is 26.0 Å². The van der Waals surface area contributed by atoms with Crippen LogP contribution in [-0.2, 0) is 11.2 Å². The Morgan fingerprint density at radius 3 is 2.55 bits per heavy atom. The Kier molecular flexibility index (Phi) is 10.0. The molecule has 0 aliphatic heterocycles. The number of aliphatic hydroxyl groups excluding tert-OH is 1. The number of aryl methyl sites for hydroxylation is 1. The molecule has 13 nitrogen and oxygen atoms in total.